The molecule has 0 saturated carbocycles. The molecule has 0 fully saturated rings. The molecule has 102 valence electrons. The number of nitrogens with two attached hydrogens (primary N) is 2. The van der Waals surface area contributed by atoms with Crippen LogP contribution in [0, 0.1) is 0 Å². The van der Waals surface area contributed by atoms with Crippen molar-refractivity contribution in [2.24, 2.45) is 0 Å². The second kappa shape index (κ2) is 6.22. The van der Waals surface area contributed by atoms with E-state index in [1.165, 1.54) is 19.3 Å². The van der Waals surface area contributed by atoms with Crippen molar-refractivity contribution in [3.8, 4) is 5.75 Å². The zero-order valence-corrected chi connectivity index (χ0v) is 11.2. The van der Waals surface area contributed by atoms with Crippen LogP contribution < -0.4 is 16.2 Å². The average molecular weight is 260 g/mol. The Morgan fingerprint density at radius 1 is 1.11 bits per heavy atom. The summed E-state index contributed by atoms with van der Waals surface area (Å²) in [5, 5.41) is 0.743. The number of benzene rings is 1. The predicted molar refractivity (Wildman–Crippen MR) is 78.0 cm³/mol. The maximum atomic E-state index is 5.90. The summed E-state index contributed by atoms with van der Waals surface area (Å²) in [6.45, 7) is 2.87. The first-order chi connectivity index (χ1) is 9.22. The Labute approximate surface area is 113 Å². The van der Waals surface area contributed by atoms with Crippen molar-refractivity contribution in [2.45, 2.75) is 32.6 Å². The maximum Gasteiger partial charge on any atom is 0.222 e. The van der Waals surface area contributed by atoms with Crippen molar-refractivity contribution in [3.05, 3.63) is 18.2 Å². The van der Waals surface area contributed by atoms with Crippen LogP contribution >= 0.6 is 0 Å². The van der Waals surface area contributed by atoms with Crippen LogP contribution in [0.1, 0.15) is 32.6 Å². The van der Waals surface area contributed by atoms with Gasteiger partial charge in [0.25, 0.3) is 0 Å². The van der Waals surface area contributed by atoms with Crippen molar-refractivity contribution < 1.29 is 4.74 Å². The predicted octanol–water partition coefficient (Wildman–Crippen LogP) is 2.75. The highest BCUT2D eigenvalue weighted by Gasteiger charge is 2.09. The molecule has 4 N–H and O–H groups in total. The lowest BCUT2D eigenvalue weighted by Crippen LogP contribution is -2.03. The molecule has 0 aliphatic rings. The van der Waals surface area contributed by atoms with Gasteiger partial charge in [-0.2, -0.15) is 4.98 Å². The van der Waals surface area contributed by atoms with Crippen molar-refractivity contribution in [1.29, 1.82) is 0 Å². The molecule has 0 bridgehead atoms. The molecule has 1 heterocycles. The smallest absolute Gasteiger partial charge is 0.222 e. The Kier molecular flexibility index (Phi) is 4.39. The SMILES string of the molecule is CCCCCCOc1cccc2nc(N)nc(N)c12. The number of rotatable bonds is 6. The number of ether oxygens (including phenoxy) is 1. The third kappa shape index (κ3) is 3.24. The molecular formula is C14H20N4O. The fourth-order valence-electron chi connectivity index (χ4n) is 2.03. The van der Waals surface area contributed by atoms with Gasteiger partial charge in [0.2, 0.25) is 5.95 Å². The Hall–Kier alpha value is -2.04. The number of nitrogens with zero attached hydrogens (tertiary/aromatic N) is 2. The quantitative estimate of drug-likeness (QED) is 0.780. The lowest BCUT2D eigenvalue weighted by Gasteiger charge is -2.10. The number of fused-ring (bicyclic) bond motifs is 1. The molecule has 0 radical (unpaired) electrons. The zero-order valence-electron chi connectivity index (χ0n) is 11.2. The minimum absolute atomic E-state index is 0.185. The molecule has 1 aromatic heterocycles. The van der Waals surface area contributed by atoms with Gasteiger partial charge in [0.05, 0.1) is 17.5 Å². The van der Waals surface area contributed by atoms with Gasteiger partial charge < -0.3 is 16.2 Å². The van der Waals surface area contributed by atoms with Gasteiger partial charge in [-0.05, 0) is 18.6 Å². The van der Waals surface area contributed by atoms with Gasteiger partial charge in [0.1, 0.15) is 11.6 Å². The van der Waals surface area contributed by atoms with Gasteiger partial charge in [-0.15, -0.1) is 0 Å². The first-order valence-corrected chi connectivity index (χ1v) is 6.67. The molecular weight excluding hydrogens is 240 g/mol. The van der Waals surface area contributed by atoms with Crippen molar-refractivity contribution in [1.82, 2.24) is 9.97 Å². The average Bonchev–Trinajstić information content (AvgIpc) is 2.37. The monoisotopic (exact) mass is 260 g/mol. The summed E-state index contributed by atoms with van der Waals surface area (Å²) >= 11 is 0. The van der Waals surface area contributed by atoms with E-state index in [0.29, 0.717) is 12.4 Å². The third-order valence-corrected chi connectivity index (χ3v) is 2.99. The normalized spacial score (nSPS) is 10.8. The fraction of sp³-hybridized carbons (Fsp3) is 0.429. The second-order valence-electron chi connectivity index (χ2n) is 4.53. The largest absolute Gasteiger partial charge is 0.493 e. The van der Waals surface area contributed by atoms with Gasteiger partial charge in [-0.3, -0.25) is 0 Å². The van der Waals surface area contributed by atoms with Crippen LogP contribution in [-0.2, 0) is 0 Å². The fourth-order valence-corrected chi connectivity index (χ4v) is 2.03. The molecule has 5 heteroatoms. The summed E-state index contributed by atoms with van der Waals surface area (Å²) < 4.78 is 5.79. The molecule has 5 nitrogen and oxygen atoms in total. The minimum atomic E-state index is 0.185. The molecule has 0 atom stereocenters. The van der Waals surface area contributed by atoms with E-state index >= 15 is 0 Å². The van der Waals surface area contributed by atoms with E-state index in [4.69, 9.17) is 16.2 Å². The summed E-state index contributed by atoms with van der Waals surface area (Å²) in [5.74, 6) is 1.28. The van der Waals surface area contributed by atoms with E-state index in [-0.39, 0.29) is 5.95 Å². The molecule has 0 saturated heterocycles. The van der Waals surface area contributed by atoms with Gasteiger partial charge in [-0.25, -0.2) is 4.98 Å². The highest BCUT2D eigenvalue weighted by molar-refractivity contribution is 5.94. The number of aromatic nitrogens is 2. The van der Waals surface area contributed by atoms with Gasteiger partial charge in [-0.1, -0.05) is 32.3 Å². The number of anilines is 2. The molecule has 0 unspecified atom stereocenters. The number of hydrogen-bond donors (Lipinski definition) is 2. The van der Waals surface area contributed by atoms with Crippen LogP contribution in [0.25, 0.3) is 10.9 Å². The van der Waals surface area contributed by atoms with Gasteiger partial charge in [0, 0.05) is 0 Å². The van der Waals surface area contributed by atoms with Crippen LogP contribution in [0.2, 0.25) is 0 Å². The lowest BCUT2D eigenvalue weighted by molar-refractivity contribution is 0.308. The van der Waals surface area contributed by atoms with E-state index in [1.54, 1.807) is 0 Å². The lowest BCUT2D eigenvalue weighted by atomic mass is 10.2. The summed E-state index contributed by atoms with van der Waals surface area (Å²) in [6, 6.07) is 5.63. The van der Waals surface area contributed by atoms with E-state index in [1.807, 2.05) is 18.2 Å². The van der Waals surface area contributed by atoms with Crippen LogP contribution in [0.15, 0.2) is 18.2 Å². The van der Waals surface area contributed by atoms with E-state index in [0.717, 1.165) is 23.1 Å². The Balaban J connectivity index is 2.14. The third-order valence-electron chi connectivity index (χ3n) is 2.99. The highest BCUT2D eigenvalue weighted by Crippen LogP contribution is 2.29. The number of nitrogen functional groups attached to an aromatic ring is 2. The summed E-state index contributed by atoms with van der Waals surface area (Å²) in [7, 11) is 0. The molecule has 0 spiro atoms. The Bertz CT molecular complexity index is 556. The molecule has 2 aromatic rings. The first kappa shape index (κ1) is 13.4. The summed E-state index contributed by atoms with van der Waals surface area (Å²) in [4.78, 5) is 8.15. The Morgan fingerprint density at radius 3 is 2.74 bits per heavy atom. The van der Waals surface area contributed by atoms with Crippen molar-refractivity contribution >= 4 is 22.7 Å². The topological polar surface area (TPSA) is 87.0 Å². The standard InChI is InChI=1S/C14H20N4O/c1-2-3-4-5-9-19-11-8-6-7-10-12(11)13(15)18-14(16)17-10/h6-8H,2-5,9H2,1H3,(H4,15,16,17,18). The molecule has 2 rings (SSSR count). The van der Waals surface area contributed by atoms with Crippen LogP contribution in [0.5, 0.6) is 5.75 Å². The second-order valence-corrected chi connectivity index (χ2v) is 4.53. The minimum Gasteiger partial charge on any atom is -0.493 e. The van der Waals surface area contributed by atoms with Crippen LogP contribution in [0.3, 0.4) is 0 Å². The van der Waals surface area contributed by atoms with Crippen LogP contribution in [-0.4, -0.2) is 16.6 Å². The summed E-state index contributed by atoms with van der Waals surface area (Å²) in [5.41, 5.74) is 12.2. The number of hydrogen-bond acceptors (Lipinski definition) is 5. The van der Waals surface area contributed by atoms with Crippen molar-refractivity contribution in [2.75, 3.05) is 18.1 Å². The Morgan fingerprint density at radius 2 is 1.95 bits per heavy atom. The summed E-state index contributed by atoms with van der Waals surface area (Å²) in [6.07, 6.45) is 4.68. The molecule has 1 aromatic carbocycles. The molecule has 0 aliphatic heterocycles. The van der Waals surface area contributed by atoms with E-state index < -0.39 is 0 Å². The zero-order chi connectivity index (χ0) is 13.7. The van der Waals surface area contributed by atoms with Gasteiger partial charge >= 0.3 is 0 Å². The highest BCUT2D eigenvalue weighted by atomic mass is 16.5. The van der Waals surface area contributed by atoms with Crippen LogP contribution in [0.4, 0.5) is 11.8 Å². The molecule has 0 amide bonds. The first-order valence-electron chi connectivity index (χ1n) is 6.67. The van der Waals surface area contributed by atoms with Crippen molar-refractivity contribution in [3.63, 3.8) is 0 Å². The maximum absolute atomic E-state index is 5.90. The molecule has 0 aliphatic carbocycles. The molecule has 19 heavy (non-hydrogen) atoms. The van der Waals surface area contributed by atoms with E-state index in [9.17, 15) is 0 Å². The number of unbranched alkanes of at least 4 members (excludes halogenated alkanes) is 3. The van der Waals surface area contributed by atoms with Gasteiger partial charge in [0.15, 0.2) is 0 Å². The van der Waals surface area contributed by atoms with E-state index in [2.05, 4.69) is 16.9 Å².